The summed E-state index contributed by atoms with van der Waals surface area (Å²) in [6.07, 6.45) is 17.6. The zero-order valence-corrected chi connectivity index (χ0v) is 11.8. The van der Waals surface area contributed by atoms with Gasteiger partial charge >= 0.3 is 17.1 Å². The van der Waals surface area contributed by atoms with Gasteiger partial charge < -0.3 is 5.11 Å². The van der Waals surface area contributed by atoms with Gasteiger partial charge in [0, 0.05) is 0 Å². The number of anilines is 1. The van der Waals surface area contributed by atoms with Crippen molar-refractivity contribution in [2.24, 2.45) is 5.10 Å². The number of hydrogen-bond donors (Lipinski definition) is 1. The van der Waals surface area contributed by atoms with E-state index in [-0.39, 0.29) is 22.8 Å². The van der Waals surface area contributed by atoms with E-state index in [2.05, 4.69) is 10.5 Å². The maximum absolute atomic E-state index is 10.8. The molecule has 0 spiro atoms. The monoisotopic (exact) mass is 306 g/mol. The number of allylic oxidation sites excluding steroid dienone is 6. The van der Waals surface area contributed by atoms with E-state index in [1.165, 1.54) is 12.1 Å². The third-order valence-corrected chi connectivity index (χ3v) is 2.37. The first-order valence-electron chi connectivity index (χ1n) is 5.97. The van der Waals surface area contributed by atoms with E-state index in [9.17, 15) is 5.11 Å². The Kier molecular flexibility index (Phi) is 7.33. The van der Waals surface area contributed by atoms with E-state index in [4.69, 9.17) is 0 Å². The smallest absolute Gasteiger partial charge is 0.872 e. The van der Waals surface area contributed by atoms with E-state index in [1.54, 1.807) is 12.1 Å². The van der Waals surface area contributed by atoms with Crippen molar-refractivity contribution in [3.63, 3.8) is 0 Å². The Hall–Kier alpha value is -1.90. The van der Waals surface area contributed by atoms with Crippen LogP contribution in [0, 0.1) is 19.3 Å². The molecule has 0 amide bonds. The molecule has 102 valence electrons. The predicted octanol–water partition coefficient (Wildman–Crippen LogP) is 2.82. The Morgan fingerprint density at radius 1 is 1.00 bits per heavy atom. The largest absolute Gasteiger partial charge is 2.00 e. The predicted molar refractivity (Wildman–Crippen MR) is 77.3 cm³/mol. The van der Waals surface area contributed by atoms with Gasteiger partial charge in [0.25, 0.3) is 0 Å². The third-order valence-electron chi connectivity index (χ3n) is 2.37. The van der Waals surface area contributed by atoms with Crippen LogP contribution in [-0.2, 0) is 17.1 Å². The Morgan fingerprint density at radius 2 is 1.70 bits per heavy atom. The second-order valence-corrected chi connectivity index (χ2v) is 3.85. The molecular formula is C16H14FeN2O. The quantitative estimate of drug-likeness (QED) is 0.519. The van der Waals surface area contributed by atoms with E-state index < -0.39 is 0 Å². The van der Waals surface area contributed by atoms with Crippen molar-refractivity contribution in [1.82, 2.24) is 0 Å². The van der Waals surface area contributed by atoms with E-state index >= 15 is 0 Å². The number of nitrogens with zero attached hydrogens (tertiary/aromatic N) is 1. The fourth-order valence-electron chi connectivity index (χ4n) is 1.42. The maximum Gasteiger partial charge on any atom is 2.00 e. The molecule has 0 aliphatic heterocycles. The molecule has 0 fully saturated rings. The average molecular weight is 306 g/mol. The van der Waals surface area contributed by atoms with Crippen LogP contribution in [0.5, 0.6) is 5.75 Å². The topological polar surface area (TPSA) is 47.4 Å². The number of hydrogen-bond acceptors (Lipinski definition) is 3. The molecule has 0 unspecified atom stereocenters. The molecule has 3 rings (SSSR count). The molecule has 1 aromatic carbocycles. The summed E-state index contributed by atoms with van der Waals surface area (Å²) in [7, 11) is 0. The standard InChI is InChI=1S/C11H10N2O.C5H5.Fe/c14-11-7-5-10(6-8-11)13-12-9-3-1-2-4-9;1-2-4-5-3-1;/h1-8,13-14H;1-5H;/q;-1;+2/p-1. The fourth-order valence-corrected chi connectivity index (χ4v) is 1.42. The minimum atomic E-state index is 0. The fraction of sp³-hybridized carbons (Fsp3) is 0. The van der Waals surface area contributed by atoms with Gasteiger partial charge in [-0.2, -0.15) is 5.10 Å². The minimum Gasteiger partial charge on any atom is -0.872 e. The van der Waals surface area contributed by atoms with Crippen molar-refractivity contribution in [3.05, 3.63) is 80.0 Å². The van der Waals surface area contributed by atoms with Crippen LogP contribution in [0.3, 0.4) is 0 Å². The first-order valence-corrected chi connectivity index (χ1v) is 5.97. The van der Waals surface area contributed by atoms with Crippen molar-refractivity contribution in [2.75, 3.05) is 5.43 Å². The summed E-state index contributed by atoms with van der Waals surface area (Å²) in [5.41, 5.74) is 4.54. The van der Waals surface area contributed by atoms with Crippen molar-refractivity contribution in [1.29, 1.82) is 0 Å². The van der Waals surface area contributed by atoms with Gasteiger partial charge in [-0.3, -0.25) is 5.43 Å². The Bertz CT molecular complexity index is 496. The van der Waals surface area contributed by atoms with Gasteiger partial charge in [0.1, 0.15) is 0 Å². The molecule has 1 aromatic rings. The summed E-state index contributed by atoms with van der Waals surface area (Å²) in [4.78, 5) is 0. The molecule has 2 aliphatic carbocycles. The van der Waals surface area contributed by atoms with Crippen LogP contribution in [-0.4, -0.2) is 5.71 Å². The van der Waals surface area contributed by atoms with Crippen LogP contribution in [0.15, 0.2) is 65.8 Å². The van der Waals surface area contributed by atoms with E-state index in [1.807, 2.05) is 55.7 Å². The number of hydrazone groups is 1. The van der Waals surface area contributed by atoms with Crippen LogP contribution < -0.4 is 10.5 Å². The van der Waals surface area contributed by atoms with Crippen molar-refractivity contribution >= 4 is 11.4 Å². The second-order valence-electron chi connectivity index (χ2n) is 3.85. The Morgan fingerprint density at radius 3 is 2.20 bits per heavy atom. The molecule has 0 saturated carbocycles. The van der Waals surface area contributed by atoms with Crippen LogP contribution >= 0.6 is 0 Å². The molecule has 0 bridgehead atoms. The molecule has 3 nitrogen and oxygen atoms in total. The zero-order valence-electron chi connectivity index (χ0n) is 10.7. The number of benzene rings is 1. The first kappa shape index (κ1) is 16.2. The Labute approximate surface area is 130 Å². The molecule has 0 atom stereocenters. The molecule has 0 aromatic heterocycles. The summed E-state index contributed by atoms with van der Waals surface area (Å²) in [5, 5.41) is 14.9. The van der Waals surface area contributed by atoms with Crippen LogP contribution in [0.4, 0.5) is 5.69 Å². The zero-order chi connectivity index (χ0) is 13.3. The Balaban J connectivity index is 0.000000283. The summed E-state index contributed by atoms with van der Waals surface area (Å²) >= 11 is 0. The summed E-state index contributed by atoms with van der Waals surface area (Å²) < 4.78 is 0. The first-order chi connectivity index (χ1) is 9.34. The molecule has 0 heterocycles. The van der Waals surface area contributed by atoms with E-state index in [0.29, 0.717) is 0 Å². The molecule has 20 heavy (non-hydrogen) atoms. The van der Waals surface area contributed by atoms with Crippen LogP contribution in [0.1, 0.15) is 0 Å². The van der Waals surface area contributed by atoms with Crippen molar-refractivity contribution in [2.45, 2.75) is 0 Å². The summed E-state index contributed by atoms with van der Waals surface area (Å²) in [6.45, 7) is 0. The van der Waals surface area contributed by atoms with Gasteiger partial charge in [0.05, 0.1) is 11.4 Å². The van der Waals surface area contributed by atoms with Crippen molar-refractivity contribution in [3.8, 4) is 5.75 Å². The van der Waals surface area contributed by atoms with Gasteiger partial charge in [0.2, 0.25) is 0 Å². The SMILES string of the molecule is [CH]1[CH][CH-]C=C1.[Fe+2].[O-]c1ccc(NN=C2C=CC=C2)cc1. The molecule has 2 aliphatic rings. The normalized spacial score (nSPS) is 14.1. The summed E-state index contributed by atoms with van der Waals surface area (Å²) in [5.74, 6) is 0.00358. The summed E-state index contributed by atoms with van der Waals surface area (Å²) in [6, 6.07) is 6.41. The maximum atomic E-state index is 10.8. The second kappa shape index (κ2) is 9.07. The molecule has 1 N–H and O–H groups in total. The molecule has 2 radical (unpaired) electrons. The van der Waals surface area contributed by atoms with Gasteiger partial charge in [-0.25, -0.2) is 18.6 Å². The molecule has 0 saturated heterocycles. The minimum absolute atomic E-state index is 0. The van der Waals surface area contributed by atoms with Gasteiger partial charge in [-0.15, -0.1) is 18.6 Å². The molecule has 4 heteroatoms. The van der Waals surface area contributed by atoms with Crippen LogP contribution in [0.25, 0.3) is 0 Å². The van der Waals surface area contributed by atoms with Gasteiger partial charge in [-0.1, -0.05) is 24.3 Å². The van der Waals surface area contributed by atoms with Crippen LogP contribution in [0.2, 0.25) is 0 Å². The average Bonchev–Trinajstić information content (AvgIpc) is 3.14. The van der Waals surface area contributed by atoms with Crippen molar-refractivity contribution < 1.29 is 22.2 Å². The molecular weight excluding hydrogens is 292 g/mol. The number of nitrogens with one attached hydrogen (secondary N) is 1. The number of rotatable bonds is 2. The van der Waals surface area contributed by atoms with E-state index in [0.717, 1.165) is 11.4 Å². The van der Waals surface area contributed by atoms with Gasteiger partial charge in [0.15, 0.2) is 0 Å². The van der Waals surface area contributed by atoms with Gasteiger partial charge in [-0.05, 0) is 24.3 Å². The third kappa shape index (κ3) is 5.83.